The van der Waals surface area contributed by atoms with Crippen molar-refractivity contribution in [2.45, 2.75) is 58.5 Å². The average molecular weight is 268 g/mol. The Labute approximate surface area is 116 Å². The number of hydrogen-bond acceptors (Lipinski definition) is 3. The number of carbonyl (C=O) groups is 1. The molecule has 2 heterocycles. The first kappa shape index (κ1) is 14.6. The van der Waals surface area contributed by atoms with Gasteiger partial charge >= 0.3 is 6.09 Å². The molecule has 2 saturated heterocycles. The van der Waals surface area contributed by atoms with Crippen LogP contribution in [0.2, 0.25) is 0 Å². The van der Waals surface area contributed by atoms with Gasteiger partial charge in [-0.1, -0.05) is 0 Å². The van der Waals surface area contributed by atoms with Gasteiger partial charge in [0.25, 0.3) is 0 Å². The van der Waals surface area contributed by atoms with Crippen molar-refractivity contribution in [3.63, 3.8) is 0 Å². The van der Waals surface area contributed by atoms with E-state index in [1.165, 1.54) is 19.3 Å². The first-order chi connectivity index (χ1) is 8.90. The molecule has 0 saturated carbocycles. The smallest absolute Gasteiger partial charge is 0.410 e. The molecule has 2 aliphatic rings. The number of rotatable bonds is 0. The van der Waals surface area contributed by atoms with Crippen molar-refractivity contribution in [1.82, 2.24) is 10.2 Å². The molecule has 2 aliphatic heterocycles. The number of carbonyl (C=O) groups excluding carboxylic acids is 1. The second-order valence-electron chi connectivity index (χ2n) is 7.07. The van der Waals surface area contributed by atoms with Crippen LogP contribution in [0.25, 0.3) is 0 Å². The van der Waals surface area contributed by atoms with Crippen molar-refractivity contribution < 1.29 is 9.53 Å². The number of likely N-dealkylation sites (tertiary alicyclic amines) is 1. The zero-order valence-electron chi connectivity index (χ0n) is 12.6. The van der Waals surface area contributed by atoms with Gasteiger partial charge in [0.15, 0.2) is 0 Å². The fraction of sp³-hybridized carbons (Fsp3) is 0.933. The van der Waals surface area contributed by atoms with Crippen LogP contribution < -0.4 is 5.32 Å². The Morgan fingerprint density at radius 1 is 1.11 bits per heavy atom. The van der Waals surface area contributed by atoms with Crippen molar-refractivity contribution in [2.75, 3.05) is 26.2 Å². The summed E-state index contributed by atoms with van der Waals surface area (Å²) in [5.41, 5.74) is 0.0812. The normalized spacial score (nSPS) is 24.1. The van der Waals surface area contributed by atoms with E-state index >= 15 is 0 Å². The number of amides is 1. The van der Waals surface area contributed by atoms with Crippen LogP contribution in [-0.2, 0) is 4.74 Å². The summed E-state index contributed by atoms with van der Waals surface area (Å²) in [5.74, 6) is 0. The number of ether oxygens (including phenoxy) is 1. The molecule has 0 bridgehead atoms. The van der Waals surface area contributed by atoms with E-state index in [2.05, 4.69) is 5.32 Å². The maximum absolute atomic E-state index is 12.1. The molecule has 19 heavy (non-hydrogen) atoms. The summed E-state index contributed by atoms with van der Waals surface area (Å²) in [5, 5.41) is 3.44. The minimum absolute atomic E-state index is 0.140. The first-order valence-corrected chi connectivity index (χ1v) is 7.59. The van der Waals surface area contributed by atoms with E-state index in [4.69, 9.17) is 4.74 Å². The van der Waals surface area contributed by atoms with Gasteiger partial charge in [0.2, 0.25) is 0 Å². The Morgan fingerprint density at radius 3 is 2.42 bits per heavy atom. The van der Waals surface area contributed by atoms with Gasteiger partial charge in [-0.15, -0.1) is 0 Å². The molecule has 110 valence electrons. The van der Waals surface area contributed by atoms with Gasteiger partial charge < -0.3 is 15.0 Å². The third-order valence-corrected chi connectivity index (χ3v) is 4.36. The maximum atomic E-state index is 12.1. The van der Waals surface area contributed by atoms with E-state index in [9.17, 15) is 4.79 Å². The summed E-state index contributed by atoms with van der Waals surface area (Å²) >= 11 is 0. The summed E-state index contributed by atoms with van der Waals surface area (Å²) in [6.07, 6.45) is 5.88. The van der Waals surface area contributed by atoms with Crippen LogP contribution in [-0.4, -0.2) is 42.8 Å². The minimum atomic E-state index is -0.393. The lowest BCUT2D eigenvalue weighted by Crippen LogP contribution is -2.39. The fourth-order valence-electron chi connectivity index (χ4n) is 3.22. The highest BCUT2D eigenvalue weighted by molar-refractivity contribution is 5.68. The van der Waals surface area contributed by atoms with E-state index in [-0.39, 0.29) is 6.09 Å². The Hall–Kier alpha value is -0.770. The van der Waals surface area contributed by atoms with Gasteiger partial charge in [0.1, 0.15) is 5.60 Å². The van der Waals surface area contributed by atoms with Crippen LogP contribution in [0.3, 0.4) is 0 Å². The van der Waals surface area contributed by atoms with Crippen LogP contribution >= 0.6 is 0 Å². The molecule has 0 radical (unpaired) electrons. The minimum Gasteiger partial charge on any atom is -0.444 e. The Bertz CT molecular complexity index is 317. The highest BCUT2D eigenvalue weighted by Gasteiger charge is 2.35. The molecular weight excluding hydrogens is 240 g/mol. The monoisotopic (exact) mass is 268 g/mol. The molecule has 4 nitrogen and oxygen atoms in total. The average Bonchev–Trinajstić information content (AvgIpc) is 2.51. The molecule has 2 fully saturated rings. The summed E-state index contributed by atoms with van der Waals surface area (Å²) in [7, 11) is 0. The highest BCUT2D eigenvalue weighted by Crippen LogP contribution is 2.39. The van der Waals surface area contributed by atoms with Crippen LogP contribution in [0.15, 0.2) is 0 Å². The number of piperidine rings is 1. The van der Waals surface area contributed by atoms with Gasteiger partial charge in [-0.3, -0.25) is 0 Å². The van der Waals surface area contributed by atoms with E-state index in [1.807, 2.05) is 25.7 Å². The Kier molecular flexibility index (Phi) is 4.39. The summed E-state index contributed by atoms with van der Waals surface area (Å²) < 4.78 is 5.48. The van der Waals surface area contributed by atoms with Crippen LogP contribution in [0.1, 0.15) is 52.9 Å². The van der Waals surface area contributed by atoms with Gasteiger partial charge in [-0.2, -0.15) is 0 Å². The van der Waals surface area contributed by atoms with Crippen molar-refractivity contribution in [2.24, 2.45) is 5.41 Å². The van der Waals surface area contributed by atoms with E-state index in [1.54, 1.807) is 0 Å². The highest BCUT2D eigenvalue weighted by atomic mass is 16.6. The molecular formula is C15H28N2O2. The van der Waals surface area contributed by atoms with Crippen LogP contribution in [0.4, 0.5) is 4.79 Å². The SMILES string of the molecule is CC(C)(C)OC(=O)N1CCCC2(CCNCC2)CC1. The van der Waals surface area contributed by atoms with Gasteiger partial charge in [0.05, 0.1) is 0 Å². The molecule has 0 atom stereocenters. The third-order valence-electron chi connectivity index (χ3n) is 4.36. The lowest BCUT2D eigenvalue weighted by atomic mass is 9.73. The lowest BCUT2D eigenvalue weighted by molar-refractivity contribution is 0.0248. The summed E-state index contributed by atoms with van der Waals surface area (Å²) in [4.78, 5) is 14.0. The zero-order chi connectivity index (χ0) is 13.9. The molecule has 1 amide bonds. The van der Waals surface area contributed by atoms with Crippen molar-refractivity contribution >= 4 is 6.09 Å². The standard InChI is InChI=1S/C15H28N2O2/c1-14(2,3)19-13(18)17-11-4-5-15(8-12-17)6-9-16-10-7-15/h16H,4-12H2,1-3H3. The van der Waals surface area contributed by atoms with E-state index < -0.39 is 5.60 Å². The summed E-state index contributed by atoms with van der Waals surface area (Å²) in [6.45, 7) is 9.75. The number of nitrogens with zero attached hydrogens (tertiary/aromatic N) is 1. The van der Waals surface area contributed by atoms with Crippen LogP contribution in [0, 0.1) is 5.41 Å². The van der Waals surface area contributed by atoms with Gasteiger partial charge in [-0.05, 0) is 71.4 Å². The second-order valence-corrected chi connectivity index (χ2v) is 7.07. The second kappa shape index (κ2) is 5.70. The number of nitrogens with one attached hydrogen (secondary N) is 1. The van der Waals surface area contributed by atoms with Gasteiger partial charge in [0, 0.05) is 13.1 Å². The van der Waals surface area contributed by atoms with Crippen molar-refractivity contribution in [3.8, 4) is 0 Å². The molecule has 0 aliphatic carbocycles. The maximum Gasteiger partial charge on any atom is 0.410 e. The molecule has 4 heteroatoms. The molecule has 0 aromatic heterocycles. The molecule has 1 spiro atoms. The quantitative estimate of drug-likeness (QED) is 0.734. The molecule has 2 rings (SSSR count). The molecule has 0 unspecified atom stereocenters. The molecule has 1 N–H and O–H groups in total. The lowest BCUT2D eigenvalue weighted by Gasteiger charge is -2.37. The Balaban J connectivity index is 1.91. The molecule has 0 aromatic rings. The third kappa shape index (κ3) is 4.10. The topological polar surface area (TPSA) is 41.6 Å². The first-order valence-electron chi connectivity index (χ1n) is 7.59. The van der Waals surface area contributed by atoms with Crippen molar-refractivity contribution in [1.29, 1.82) is 0 Å². The van der Waals surface area contributed by atoms with Crippen LogP contribution in [0.5, 0.6) is 0 Å². The van der Waals surface area contributed by atoms with Gasteiger partial charge in [-0.25, -0.2) is 4.79 Å². The number of hydrogen-bond donors (Lipinski definition) is 1. The predicted octanol–water partition coefficient (Wildman–Crippen LogP) is 2.78. The fourth-order valence-corrected chi connectivity index (χ4v) is 3.22. The van der Waals surface area contributed by atoms with E-state index in [0.717, 1.165) is 39.0 Å². The van der Waals surface area contributed by atoms with E-state index in [0.29, 0.717) is 5.41 Å². The predicted molar refractivity (Wildman–Crippen MR) is 76.2 cm³/mol. The largest absolute Gasteiger partial charge is 0.444 e. The molecule has 0 aromatic carbocycles. The Morgan fingerprint density at radius 2 is 1.79 bits per heavy atom. The van der Waals surface area contributed by atoms with Crippen molar-refractivity contribution in [3.05, 3.63) is 0 Å². The summed E-state index contributed by atoms with van der Waals surface area (Å²) in [6, 6.07) is 0. The zero-order valence-corrected chi connectivity index (χ0v) is 12.6.